The van der Waals surface area contributed by atoms with Crippen LogP contribution in [0.4, 0.5) is 5.00 Å². The lowest BCUT2D eigenvalue weighted by Crippen LogP contribution is -3.28. The Labute approximate surface area is 162 Å². The second kappa shape index (κ2) is 9.16. The number of furan rings is 1. The fourth-order valence-electron chi connectivity index (χ4n) is 3.35. The number of quaternary nitrogens is 2. The summed E-state index contributed by atoms with van der Waals surface area (Å²) in [6, 6.07) is 3.55. The number of carbonyl (C=O) groups excluding carboxylic acids is 2. The van der Waals surface area contributed by atoms with Gasteiger partial charge in [0.05, 0.1) is 19.4 Å². The molecule has 0 spiro atoms. The molecule has 1 saturated heterocycles. The van der Waals surface area contributed by atoms with Gasteiger partial charge in [-0.25, -0.2) is 4.79 Å². The summed E-state index contributed by atoms with van der Waals surface area (Å²) in [6.45, 7) is 9.93. The van der Waals surface area contributed by atoms with E-state index in [0.29, 0.717) is 28.4 Å². The molecule has 7 nitrogen and oxygen atoms in total. The molecule has 3 N–H and O–H groups in total. The molecule has 1 fully saturated rings. The molecule has 3 heterocycles. The van der Waals surface area contributed by atoms with Gasteiger partial charge in [-0.15, -0.1) is 11.3 Å². The number of rotatable bonds is 7. The SMILES string of the molecule is CCOC(=O)c1c(-c2ccco2)csc1NC(=O)C[NH+]1CC[NH+](CC)CC1. The molecule has 2 aromatic heterocycles. The number of thiophene rings is 1. The summed E-state index contributed by atoms with van der Waals surface area (Å²) in [7, 11) is 0. The summed E-state index contributed by atoms with van der Waals surface area (Å²) in [6.07, 6.45) is 1.56. The predicted molar refractivity (Wildman–Crippen MR) is 103 cm³/mol. The van der Waals surface area contributed by atoms with Crippen molar-refractivity contribution in [3.8, 4) is 11.3 Å². The zero-order valence-electron chi connectivity index (χ0n) is 15.8. The zero-order valence-corrected chi connectivity index (χ0v) is 16.6. The van der Waals surface area contributed by atoms with Gasteiger partial charge in [0.15, 0.2) is 6.54 Å². The molecular formula is C19H27N3O4S+2. The van der Waals surface area contributed by atoms with E-state index in [0.717, 1.165) is 32.7 Å². The Morgan fingerprint density at radius 2 is 1.96 bits per heavy atom. The lowest BCUT2D eigenvalue weighted by atomic mass is 10.1. The number of ether oxygens (including phenoxy) is 1. The van der Waals surface area contributed by atoms with Crippen LogP contribution in [0.3, 0.4) is 0 Å². The fourth-order valence-corrected chi connectivity index (χ4v) is 4.31. The van der Waals surface area contributed by atoms with Crippen molar-refractivity contribution < 1.29 is 28.5 Å². The maximum Gasteiger partial charge on any atom is 0.341 e. The number of carbonyl (C=O) groups is 2. The highest BCUT2D eigenvalue weighted by Gasteiger charge is 2.27. The maximum atomic E-state index is 12.6. The monoisotopic (exact) mass is 393 g/mol. The van der Waals surface area contributed by atoms with Crippen molar-refractivity contribution in [2.45, 2.75) is 13.8 Å². The molecule has 0 saturated carbocycles. The lowest BCUT2D eigenvalue weighted by Gasteiger charge is -2.28. The van der Waals surface area contributed by atoms with E-state index in [-0.39, 0.29) is 12.5 Å². The Kier molecular flexibility index (Phi) is 6.65. The average Bonchev–Trinajstić information content (AvgIpc) is 3.32. The van der Waals surface area contributed by atoms with Crippen LogP contribution < -0.4 is 15.1 Å². The largest absolute Gasteiger partial charge is 0.464 e. The molecule has 1 aliphatic heterocycles. The van der Waals surface area contributed by atoms with Crippen molar-refractivity contribution in [2.24, 2.45) is 0 Å². The molecule has 0 atom stereocenters. The standard InChI is InChI=1S/C19H25N3O4S/c1-3-21-7-9-22(10-8-21)12-16(23)20-18-17(19(24)25-4-2)14(13-27-18)15-6-5-11-26-15/h5-6,11,13H,3-4,7-10,12H2,1-2H3,(H,20,23)/p+2. The van der Waals surface area contributed by atoms with E-state index in [1.54, 1.807) is 30.2 Å². The molecule has 0 aromatic carbocycles. The number of nitrogens with one attached hydrogen (secondary N) is 3. The zero-order chi connectivity index (χ0) is 19.2. The second-order valence-electron chi connectivity index (χ2n) is 6.63. The van der Waals surface area contributed by atoms with Gasteiger partial charge in [-0.3, -0.25) is 4.79 Å². The van der Waals surface area contributed by atoms with Gasteiger partial charge in [-0.05, 0) is 26.0 Å². The van der Waals surface area contributed by atoms with Gasteiger partial charge in [0.1, 0.15) is 42.5 Å². The van der Waals surface area contributed by atoms with Crippen molar-refractivity contribution in [1.29, 1.82) is 0 Å². The smallest absolute Gasteiger partial charge is 0.341 e. The highest BCUT2D eigenvalue weighted by Crippen LogP contribution is 2.36. The number of hydrogen-bond donors (Lipinski definition) is 3. The molecular weight excluding hydrogens is 366 g/mol. The number of amides is 1. The Bertz CT molecular complexity index is 764. The molecule has 0 bridgehead atoms. The van der Waals surface area contributed by atoms with Gasteiger partial charge in [0.2, 0.25) is 0 Å². The first kappa shape index (κ1) is 19.6. The van der Waals surface area contributed by atoms with Gasteiger partial charge in [-0.2, -0.15) is 0 Å². The van der Waals surface area contributed by atoms with Crippen LogP contribution in [0, 0.1) is 0 Å². The molecule has 0 unspecified atom stereocenters. The Morgan fingerprint density at radius 1 is 1.22 bits per heavy atom. The van der Waals surface area contributed by atoms with Gasteiger partial charge >= 0.3 is 5.97 Å². The van der Waals surface area contributed by atoms with E-state index in [1.807, 2.05) is 5.38 Å². The van der Waals surface area contributed by atoms with E-state index in [1.165, 1.54) is 16.2 Å². The summed E-state index contributed by atoms with van der Waals surface area (Å²) in [5.74, 6) is 0.0513. The molecule has 146 valence electrons. The van der Waals surface area contributed by atoms with Gasteiger partial charge in [0.25, 0.3) is 5.91 Å². The van der Waals surface area contributed by atoms with E-state index < -0.39 is 5.97 Å². The van der Waals surface area contributed by atoms with Crippen molar-refractivity contribution >= 4 is 28.2 Å². The van der Waals surface area contributed by atoms with Crippen LogP contribution in [-0.4, -0.2) is 57.8 Å². The van der Waals surface area contributed by atoms with Gasteiger partial charge < -0.3 is 24.3 Å². The molecule has 0 aliphatic carbocycles. The Morgan fingerprint density at radius 3 is 2.59 bits per heavy atom. The van der Waals surface area contributed by atoms with Crippen LogP contribution in [0.25, 0.3) is 11.3 Å². The highest BCUT2D eigenvalue weighted by molar-refractivity contribution is 7.15. The number of esters is 1. The highest BCUT2D eigenvalue weighted by atomic mass is 32.1. The molecule has 1 aliphatic rings. The molecule has 2 aromatic rings. The molecule has 0 radical (unpaired) electrons. The number of hydrogen-bond acceptors (Lipinski definition) is 5. The number of likely N-dealkylation sites (N-methyl/N-ethyl adjacent to an activating group) is 1. The summed E-state index contributed by atoms with van der Waals surface area (Å²) in [4.78, 5) is 27.9. The minimum absolute atomic E-state index is 0.0802. The lowest BCUT2D eigenvalue weighted by molar-refractivity contribution is -1.01. The van der Waals surface area contributed by atoms with Crippen molar-refractivity contribution in [3.63, 3.8) is 0 Å². The van der Waals surface area contributed by atoms with Crippen LogP contribution in [0.15, 0.2) is 28.2 Å². The normalized spacial score (nSPS) is 19.6. The Balaban J connectivity index is 1.70. The number of anilines is 1. The first-order chi connectivity index (χ1) is 13.1. The first-order valence-corrected chi connectivity index (χ1v) is 10.3. The van der Waals surface area contributed by atoms with E-state index in [2.05, 4.69) is 12.2 Å². The third kappa shape index (κ3) is 4.77. The van der Waals surface area contributed by atoms with Crippen LogP contribution in [0.1, 0.15) is 24.2 Å². The molecule has 8 heteroatoms. The molecule has 27 heavy (non-hydrogen) atoms. The van der Waals surface area contributed by atoms with Crippen LogP contribution in [0.2, 0.25) is 0 Å². The minimum atomic E-state index is -0.451. The topological polar surface area (TPSA) is 77.4 Å². The van der Waals surface area contributed by atoms with Crippen LogP contribution >= 0.6 is 11.3 Å². The number of piperazine rings is 1. The van der Waals surface area contributed by atoms with Crippen LogP contribution in [-0.2, 0) is 9.53 Å². The van der Waals surface area contributed by atoms with E-state index >= 15 is 0 Å². The summed E-state index contributed by atoms with van der Waals surface area (Å²) < 4.78 is 10.6. The third-order valence-electron chi connectivity index (χ3n) is 4.88. The third-order valence-corrected chi connectivity index (χ3v) is 5.78. The van der Waals surface area contributed by atoms with Crippen LogP contribution in [0.5, 0.6) is 0 Å². The van der Waals surface area contributed by atoms with Gasteiger partial charge in [0, 0.05) is 10.9 Å². The van der Waals surface area contributed by atoms with Crippen molar-refractivity contribution in [3.05, 3.63) is 29.3 Å². The Hall–Kier alpha value is -2.16. The van der Waals surface area contributed by atoms with Gasteiger partial charge in [-0.1, -0.05) is 0 Å². The average molecular weight is 394 g/mol. The summed E-state index contributed by atoms with van der Waals surface area (Å²) >= 11 is 1.32. The molecule has 3 rings (SSSR count). The minimum Gasteiger partial charge on any atom is -0.464 e. The predicted octanol–water partition coefficient (Wildman–Crippen LogP) is -0.0734. The first-order valence-electron chi connectivity index (χ1n) is 9.41. The summed E-state index contributed by atoms with van der Waals surface area (Å²) in [5, 5.41) is 5.25. The van der Waals surface area contributed by atoms with E-state index in [9.17, 15) is 9.59 Å². The van der Waals surface area contributed by atoms with E-state index in [4.69, 9.17) is 9.15 Å². The summed E-state index contributed by atoms with van der Waals surface area (Å²) in [5.41, 5.74) is 1.01. The quantitative estimate of drug-likeness (QED) is 0.576. The van der Waals surface area contributed by atoms with Crippen molar-refractivity contribution in [2.75, 3.05) is 51.2 Å². The second-order valence-corrected chi connectivity index (χ2v) is 7.51. The molecule has 1 amide bonds. The fraction of sp³-hybridized carbons (Fsp3) is 0.474. The maximum absolute atomic E-state index is 12.6. The van der Waals surface area contributed by atoms with Crippen molar-refractivity contribution in [1.82, 2.24) is 0 Å².